The summed E-state index contributed by atoms with van der Waals surface area (Å²) in [6.07, 6.45) is 0.0732. The van der Waals surface area contributed by atoms with E-state index in [1.54, 1.807) is 0 Å². The molecule has 0 aromatic heterocycles. The van der Waals surface area contributed by atoms with Gasteiger partial charge in [0.2, 0.25) is 0 Å². The second-order valence-electron chi connectivity index (χ2n) is 4.67. The van der Waals surface area contributed by atoms with Crippen molar-refractivity contribution < 1.29 is 9.84 Å². The van der Waals surface area contributed by atoms with Gasteiger partial charge in [0.15, 0.2) is 0 Å². The minimum Gasteiger partial charge on any atom is -0.493 e. The van der Waals surface area contributed by atoms with Gasteiger partial charge in [0.1, 0.15) is 5.75 Å². The van der Waals surface area contributed by atoms with Gasteiger partial charge < -0.3 is 15.6 Å². The largest absolute Gasteiger partial charge is 0.493 e. The van der Waals surface area contributed by atoms with Crippen LogP contribution in [0.4, 0.5) is 0 Å². The number of benzene rings is 1. The van der Waals surface area contributed by atoms with E-state index in [1.165, 1.54) is 0 Å². The highest BCUT2D eigenvalue weighted by atomic mass is 16.5. The zero-order chi connectivity index (χ0) is 11.7. The maximum atomic E-state index is 10.1. The summed E-state index contributed by atoms with van der Waals surface area (Å²) in [6.45, 7) is 4.82. The van der Waals surface area contributed by atoms with Gasteiger partial charge in [-0.1, -0.05) is 32.0 Å². The molecule has 1 aliphatic heterocycles. The highest BCUT2D eigenvalue weighted by molar-refractivity contribution is 5.45. The first-order valence-corrected chi connectivity index (χ1v) is 5.80. The van der Waals surface area contributed by atoms with E-state index in [1.807, 2.05) is 18.2 Å². The fourth-order valence-corrected chi connectivity index (χ4v) is 2.11. The summed E-state index contributed by atoms with van der Waals surface area (Å²) in [7, 11) is 0. The molecule has 0 spiro atoms. The third-order valence-electron chi connectivity index (χ3n) is 3.12. The third-order valence-corrected chi connectivity index (χ3v) is 3.12. The van der Waals surface area contributed by atoms with E-state index in [9.17, 15) is 5.11 Å². The summed E-state index contributed by atoms with van der Waals surface area (Å²) in [4.78, 5) is 0. The lowest BCUT2D eigenvalue weighted by Gasteiger charge is -2.18. The molecule has 1 aromatic rings. The molecule has 0 saturated heterocycles. The predicted molar refractivity (Wildman–Crippen MR) is 63.6 cm³/mol. The van der Waals surface area contributed by atoms with Gasteiger partial charge in [0.05, 0.1) is 12.7 Å². The monoisotopic (exact) mass is 221 g/mol. The standard InChI is InChI=1S/C13H19NO2/c1-8(2)9-4-3-5-10-12(15)11(14)6-7-16-13(9)10/h3-5,8,11-12,15H,6-7,14H2,1-2H3/t11-,12-/m0/s1. The summed E-state index contributed by atoms with van der Waals surface area (Å²) in [5.41, 5.74) is 7.86. The second kappa shape index (κ2) is 4.44. The molecule has 0 saturated carbocycles. The molecular weight excluding hydrogens is 202 g/mol. The van der Waals surface area contributed by atoms with Gasteiger partial charge in [-0.05, 0) is 17.9 Å². The van der Waals surface area contributed by atoms with E-state index in [0.717, 1.165) is 16.9 Å². The van der Waals surface area contributed by atoms with Crippen LogP contribution < -0.4 is 10.5 Å². The van der Waals surface area contributed by atoms with Crippen LogP contribution in [0.15, 0.2) is 18.2 Å². The zero-order valence-corrected chi connectivity index (χ0v) is 9.81. The molecule has 16 heavy (non-hydrogen) atoms. The van der Waals surface area contributed by atoms with Gasteiger partial charge in [0.25, 0.3) is 0 Å². The molecule has 2 atom stereocenters. The summed E-state index contributed by atoms with van der Waals surface area (Å²) in [5.74, 6) is 1.22. The number of para-hydroxylation sites is 1. The Bertz CT molecular complexity index is 376. The quantitative estimate of drug-likeness (QED) is 0.762. The SMILES string of the molecule is CC(C)c1cccc2c1OCC[C@H](N)[C@H]2O. The zero-order valence-electron chi connectivity index (χ0n) is 9.81. The van der Waals surface area contributed by atoms with Crippen LogP contribution in [0.5, 0.6) is 5.75 Å². The van der Waals surface area contributed by atoms with Crippen molar-refractivity contribution in [2.75, 3.05) is 6.61 Å². The number of nitrogens with two attached hydrogens (primary N) is 1. The molecule has 1 heterocycles. The van der Waals surface area contributed by atoms with E-state index >= 15 is 0 Å². The van der Waals surface area contributed by atoms with E-state index in [-0.39, 0.29) is 6.04 Å². The van der Waals surface area contributed by atoms with Gasteiger partial charge in [-0.3, -0.25) is 0 Å². The smallest absolute Gasteiger partial charge is 0.128 e. The van der Waals surface area contributed by atoms with E-state index in [0.29, 0.717) is 18.9 Å². The minimum absolute atomic E-state index is 0.233. The highest BCUT2D eigenvalue weighted by Crippen LogP contribution is 2.36. The van der Waals surface area contributed by atoms with Crippen LogP contribution in [-0.4, -0.2) is 17.8 Å². The molecule has 2 rings (SSSR count). The number of fused-ring (bicyclic) bond motifs is 1. The van der Waals surface area contributed by atoms with Crippen LogP contribution in [0.1, 0.15) is 43.4 Å². The second-order valence-corrected chi connectivity index (χ2v) is 4.67. The number of hydrogen-bond donors (Lipinski definition) is 2. The molecule has 0 radical (unpaired) electrons. The first kappa shape index (κ1) is 11.4. The lowest BCUT2D eigenvalue weighted by Crippen LogP contribution is -2.28. The molecule has 3 nitrogen and oxygen atoms in total. The van der Waals surface area contributed by atoms with Crippen molar-refractivity contribution in [1.82, 2.24) is 0 Å². The van der Waals surface area contributed by atoms with Crippen LogP contribution in [0, 0.1) is 0 Å². The van der Waals surface area contributed by atoms with Crippen LogP contribution >= 0.6 is 0 Å². The summed E-state index contributed by atoms with van der Waals surface area (Å²) in [5, 5.41) is 10.1. The average molecular weight is 221 g/mol. The molecule has 3 heteroatoms. The summed E-state index contributed by atoms with van der Waals surface area (Å²) >= 11 is 0. The number of aliphatic hydroxyl groups excluding tert-OH is 1. The molecule has 0 fully saturated rings. The Labute approximate surface area is 96.2 Å². The van der Waals surface area contributed by atoms with Gasteiger partial charge in [0, 0.05) is 11.6 Å². The number of hydrogen-bond acceptors (Lipinski definition) is 3. The van der Waals surface area contributed by atoms with Crippen molar-refractivity contribution in [2.24, 2.45) is 5.73 Å². The number of rotatable bonds is 1. The molecule has 1 aromatic carbocycles. The van der Waals surface area contributed by atoms with Gasteiger partial charge in [-0.15, -0.1) is 0 Å². The molecule has 3 N–H and O–H groups in total. The van der Waals surface area contributed by atoms with Crippen LogP contribution in [0.25, 0.3) is 0 Å². The van der Waals surface area contributed by atoms with E-state index in [2.05, 4.69) is 13.8 Å². The molecule has 0 amide bonds. The van der Waals surface area contributed by atoms with Crippen LogP contribution in [0.3, 0.4) is 0 Å². The van der Waals surface area contributed by atoms with Crippen molar-refractivity contribution in [3.63, 3.8) is 0 Å². The molecular formula is C13H19NO2. The topological polar surface area (TPSA) is 55.5 Å². The minimum atomic E-state index is -0.615. The van der Waals surface area contributed by atoms with Crippen molar-refractivity contribution in [2.45, 2.75) is 38.3 Å². The first-order chi connectivity index (χ1) is 7.61. The number of ether oxygens (including phenoxy) is 1. The fourth-order valence-electron chi connectivity index (χ4n) is 2.11. The average Bonchev–Trinajstić information content (AvgIpc) is 2.40. The first-order valence-electron chi connectivity index (χ1n) is 5.80. The Balaban J connectivity index is 2.49. The maximum Gasteiger partial charge on any atom is 0.128 e. The van der Waals surface area contributed by atoms with Crippen LogP contribution in [0.2, 0.25) is 0 Å². The van der Waals surface area contributed by atoms with Gasteiger partial charge >= 0.3 is 0 Å². The predicted octanol–water partition coefficient (Wildman–Crippen LogP) is 1.95. The Morgan fingerprint density at radius 3 is 2.88 bits per heavy atom. The summed E-state index contributed by atoms with van der Waals surface area (Å²) in [6, 6.07) is 5.67. The van der Waals surface area contributed by atoms with Gasteiger partial charge in [-0.2, -0.15) is 0 Å². The molecule has 0 aliphatic carbocycles. The maximum absolute atomic E-state index is 10.1. The molecule has 1 aliphatic rings. The third kappa shape index (κ3) is 1.93. The Morgan fingerprint density at radius 2 is 2.19 bits per heavy atom. The lowest BCUT2D eigenvalue weighted by atomic mass is 9.94. The normalized spacial score (nSPS) is 24.8. The van der Waals surface area contributed by atoms with Crippen molar-refractivity contribution in [1.29, 1.82) is 0 Å². The molecule has 0 unspecified atom stereocenters. The van der Waals surface area contributed by atoms with Crippen molar-refractivity contribution >= 4 is 0 Å². The van der Waals surface area contributed by atoms with Crippen molar-refractivity contribution in [3.05, 3.63) is 29.3 Å². The Kier molecular flexibility index (Phi) is 3.17. The fraction of sp³-hybridized carbons (Fsp3) is 0.538. The van der Waals surface area contributed by atoms with Crippen molar-refractivity contribution in [3.8, 4) is 5.75 Å². The van der Waals surface area contributed by atoms with E-state index < -0.39 is 6.10 Å². The lowest BCUT2D eigenvalue weighted by molar-refractivity contribution is 0.145. The Hall–Kier alpha value is -1.06. The highest BCUT2D eigenvalue weighted by Gasteiger charge is 2.26. The molecule has 88 valence electrons. The van der Waals surface area contributed by atoms with Crippen LogP contribution in [-0.2, 0) is 0 Å². The van der Waals surface area contributed by atoms with Gasteiger partial charge in [-0.25, -0.2) is 0 Å². The number of aliphatic hydroxyl groups is 1. The Morgan fingerprint density at radius 1 is 1.44 bits per heavy atom. The summed E-state index contributed by atoms with van der Waals surface area (Å²) < 4.78 is 5.74. The van der Waals surface area contributed by atoms with E-state index in [4.69, 9.17) is 10.5 Å². The molecule has 0 bridgehead atoms.